The predicted octanol–water partition coefficient (Wildman–Crippen LogP) is 3.07. The standard InChI is InChI=1S/C18H17ClN4O2S/c1-11-17(26-12(2)21-11)18(25)20-9-10-23-16(24)8-7-15(22-23)13-3-5-14(19)6-4-13/h3-8H,9-10H2,1-2H3,(H,20,25). The van der Waals surface area contributed by atoms with Crippen LogP contribution in [0.4, 0.5) is 0 Å². The average Bonchev–Trinajstić information content (AvgIpc) is 2.95. The maximum absolute atomic E-state index is 12.2. The number of nitrogens with one attached hydrogen (secondary N) is 1. The molecule has 26 heavy (non-hydrogen) atoms. The fourth-order valence-electron chi connectivity index (χ4n) is 2.48. The summed E-state index contributed by atoms with van der Waals surface area (Å²) in [6.45, 7) is 4.25. The molecule has 0 spiro atoms. The van der Waals surface area contributed by atoms with Crippen LogP contribution in [0.15, 0.2) is 41.2 Å². The van der Waals surface area contributed by atoms with Crippen LogP contribution in [0.2, 0.25) is 5.02 Å². The minimum Gasteiger partial charge on any atom is -0.349 e. The minimum atomic E-state index is -0.221. The van der Waals surface area contributed by atoms with Gasteiger partial charge in [-0.3, -0.25) is 9.59 Å². The van der Waals surface area contributed by atoms with Crippen LogP contribution in [0.3, 0.4) is 0 Å². The Kier molecular flexibility index (Phi) is 5.49. The lowest BCUT2D eigenvalue weighted by Gasteiger charge is -2.08. The molecule has 0 aliphatic carbocycles. The van der Waals surface area contributed by atoms with E-state index in [-0.39, 0.29) is 18.0 Å². The second-order valence-electron chi connectivity index (χ2n) is 5.69. The number of amides is 1. The van der Waals surface area contributed by atoms with Gasteiger partial charge >= 0.3 is 0 Å². The van der Waals surface area contributed by atoms with Gasteiger partial charge in [0.05, 0.1) is 22.9 Å². The van der Waals surface area contributed by atoms with Gasteiger partial charge in [-0.15, -0.1) is 11.3 Å². The Bertz CT molecular complexity index is 995. The fourth-order valence-corrected chi connectivity index (χ4v) is 3.44. The van der Waals surface area contributed by atoms with E-state index >= 15 is 0 Å². The van der Waals surface area contributed by atoms with E-state index < -0.39 is 0 Å². The van der Waals surface area contributed by atoms with Gasteiger partial charge in [-0.25, -0.2) is 9.67 Å². The van der Waals surface area contributed by atoms with Gasteiger partial charge < -0.3 is 5.32 Å². The van der Waals surface area contributed by atoms with Crippen molar-refractivity contribution in [1.29, 1.82) is 0 Å². The number of aryl methyl sites for hydroxylation is 2. The molecule has 1 aromatic carbocycles. The average molecular weight is 389 g/mol. The van der Waals surface area contributed by atoms with Crippen LogP contribution in [0.25, 0.3) is 11.3 Å². The largest absolute Gasteiger partial charge is 0.349 e. The first-order valence-electron chi connectivity index (χ1n) is 8.00. The van der Waals surface area contributed by atoms with Gasteiger partial charge in [0, 0.05) is 23.2 Å². The summed E-state index contributed by atoms with van der Waals surface area (Å²) in [6, 6.07) is 10.4. The molecule has 1 amide bonds. The maximum atomic E-state index is 12.2. The van der Waals surface area contributed by atoms with Crippen molar-refractivity contribution in [2.45, 2.75) is 20.4 Å². The lowest BCUT2D eigenvalue weighted by molar-refractivity contribution is 0.0955. The van der Waals surface area contributed by atoms with Gasteiger partial charge in [0.2, 0.25) is 0 Å². The first-order valence-corrected chi connectivity index (χ1v) is 9.20. The van der Waals surface area contributed by atoms with E-state index in [1.165, 1.54) is 22.1 Å². The Balaban J connectivity index is 1.69. The number of hydrogen-bond donors (Lipinski definition) is 1. The molecule has 1 N–H and O–H groups in total. The molecule has 0 atom stereocenters. The first-order chi connectivity index (χ1) is 12.4. The molecule has 3 rings (SSSR count). The maximum Gasteiger partial charge on any atom is 0.266 e. The molecule has 0 saturated heterocycles. The lowest BCUT2D eigenvalue weighted by Crippen LogP contribution is -2.31. The van der Waals surface area contributed by atoms with Crippen LogP contribution >= 0.6 is 22.9 Å². The summed E-state index contributed by atoms with van der Waals surface area (Å²) in [6.07, 6.45) is 0. The van der Waals surface area contributed by atoms with Gasteiger partial charge in [0.25, 0.3) is 11.5 Å². The quantitative estimate of drug-likeness (QED) is 0.728. The van der Waals surface area contributed by atoms with Crippen molar-refractivity contribution in [1.82, 2.24) is 20.1 Å². The van der Waals surface area contributed by atoms with Gasteiger partial charge in [-0.2, -0.15) is 5.10 Å². The molecule has 0 unspecified atom stereocenters. The molecule has 0 bridgehead atoms. The molecular formula is C18H17ClN4O2S. The monoisotopic (exact) mass is 388 g/mol. The summed E-state index contributed by atoms with van der Waals surface area (Å²) in [7, 11) is 0. The highest BCUT2D eigenvalue weighted by molar-refractivity contribution is 7.13. The Morgan fingerprint density at radius 2 is 1.92 bits per heavy atom. The Morgan fingerprint density at radius 3 is 2.58 bits per heavy atom. The third-order valence-corrected chi connectivity index (χ3v) is 5.05. The van der Waals surface area contributed by atoms with Crippen LogP contribution in [0.1, 0.15) is 20.4 Å². The smallest absolute Gasteiger partial charge is 0.266 e. The Morgan fingerprint density at radius 1 is 1.19 bits per heavy atom. The number of carbonyl (C=O) groups excluding carboxylic acids is 1. The van der Waals surface area contributed by atoms with Gasteiger partial charge in [0.15, 0.2) is 0 Å². The van der Waals surface area contributed by atoms with Gasteiger partial charge in [-0.05, 0) is 32.0 Å². The number of thiazole rings is 1. The third-order valence-electron chi connectivity index (χ3n) is 3.73. The van der Waals surface area contributed by atoms with E-state index in [0.717, 1.165) is 10.6 Å². The summed E-state index contributed by atoms with van der Waals surface area (Å²) >= 11 is 7.25. The SMILES string of the molecule is Cc1nc(C)c(C(=O)NCCn2nc(-c3ccc(Cl)cc3)ccc2=O)s1. The number of benzene rings is 1. The third kappa shape index (κ3) is 4.17. The van der Waals surface area contributed by atoms with Crippen molar-refractivity contribution >= 4 is 28.8 Å². The van der Waals surface area contributed by atoms with Crippen LogP contribution in [0, 0.1) is 13.8 Å². The fraction of sp³-hybridized carbons (Fsp3) is 0.222. The number of aromatic nitrogens is 3. The molecule has 3 aromatic rings. The second kappa shape index (κ2) is 7.80. The summed E-state index contributed by atoms with van der Waals surface area (Å²) in [5, 5.41) is 8.66. The van der Waals surface area contributed by atoms with E-state index in [2.05, 4.69) is 15.4 Å². The zero-order valence-electron chi connectivity index (χ0n) is 14.3. The summed E-state index contributed by atoms with van der Waals surface area (Å²) in [4.78, 5) is 29.1. The van der Waals surface area contributed by atoms with Crippen LogP contribution < -0.4 is 10.9 Å². The van der Waals surface area contributed by atoms with E-state index in [0.29, 0.717) is 27.8 Å². The van der Waals surface area contributed by atoms with Crippen molar-refractivity contribution in [2.24, 2.45) is 0 Å². The molecular weight excluding hydrogens is 372 g/mol. The summed E-state index contributed by atoms with van der Waals surface area (Å²) in [5.74, 6) is -0.185. The molecule has 134 valence electrons. The number of halogens is 1. The molecule has 0 aliphatic heterocycles. The predicted molar refractivity (Wildman–Crippen MR) is 103 cm³/mol. The van der Waals surface area contributed by atoms with E-state index in [1.54, 1.807) is 25.1 Å². The van der Waals surface area contributed by atoms with Crippen molar-refractivity contribution in [3.8, 4) is 11.3 Å². The molecule has 0 fully saturated rings. The molecule has 2 heterocycles. The van der Waals surface area contributed by atoms with E-state index in [4.69, 9.17) is 11.6 Å². The molecule has 6 nitrogen and oxygen atoms in total. The van der Waals surface area contributed by atoms with E-state index in [1.807, 2.05) is 19.1 Å². The van der Waals surface area contributed by atoms with Crippen LogP contribution in [0.5, 0.6) is 0 Å². The minimum absolute atomic E-state index is 0.185. The number of hydrogen-bond acceptors (Lipinski definition) is 5. The molecule has 0 saturated carbocycles. The molecule has 8 heteroatoms. The number of rotatable bonds is 5. The van der Waals surface area contributed by atoms with E-state index in [9.17, 15) is 9.59 Å². The van der Waals surface area contributed by atoms with Crippen LogP contribution in [-0.4, -0.2) is 27.2 Å². The van der Waals surface area contributed by atoms with Crippen molar-refractivity contribution in [3.63, 3.8) is 0 Å². The van der Waals surface area contributed by atoms with Gasteiger partial charge in [0.1, 0.15) is 4.88 Å². The first kappa shape index (κ1) is 18.3. The highest BCUT2D eigenvalue weighted by Crippen LogP contribution is 2.18. The van der Waals surface area contributed by atoms with Crippen molar-refractivity contribution < 1.29 is 4.79 Å². The molecule has 2 aromatic heterocycles. The second-order valence-corrected chi connectivity index (χ2v) is 7.33. The molecule has 0 aliphatic rings. The number of nitrogens with zero attached hydrogens (tertiary/aromatic N) is 3. The highest BCUT2D eigenvalue weighted by Gasteiger charge is 2.13. The lowest BCUT2D eigenvalue weighted by atomic mass is 10.1. The van der Waals surface area contributed by atoms with Crippen molar-refractivity contribution in [2.75, 3.05) is 6.54 Å². The van der Waals surface area contributed by atoms with Crippen molar-refractivity contribution in [3.05, 3.63) is 67.4 Å². The summed E-state index contributed by atoms with van der Waals surface area (Å²) < 4.78 is 1.34. The van der Waals surface area contributed by atoms with Crippen LogP contribution in [-0.2, 0) is 6.54 Å². The summed E-state index contributed by atoms with van der Waals surface area (Å²) in [5.41, 5.74) is 2.02. The normalized spacial score (nSPS) is 10.7. The highest BCUT2D eigenvalue weighted by atomic mass is 35.5. The number of carbonyl (C=O) groups is 1. The Labute approximate surface area is 159 Å². The zero-order valence-corrected chi connectivity index (χ0v) is 15.9. The molecule has 0 radical (unpaired) electrons. The Hall–Kier alpha value is -2.51. The van der Waals surface area contributed by atoms with Gasteiger partial charge in [-0.1, -0.05) is 23.7 Å². The topological polar surface area (TPSA) is 76.9 Å². The zero-order chi connectivity index (χ0) is 18.7.